The van der Waals surface area contributed by atoms with Crippen LogP contribution in [0.1, 0.15) is 36.1 Å². The number of benzene rings is 2. The van der Waals surface area contributed by atoms with E-state index in [9.17, 15) is 27.6 Å². The fourth-order valence-electron chi connectivity index (χ4n) is 4.41. The third kappa shape index (κ3) is 7.17. The normalized spacial score (nSPS) is 13.2. The predicted octanol–water partition coefficient (Wildman–Crippen LogP) is 4.30. The fourth-order valence-corrected chi connectivity index (χ4v) is 4.41. The van der Waals surface area contributed by atoms with Crippen LogP contribution in [0.3, 0.4) is 0 Å². The third-order valence-corrected chi connectivity index (χ3v) is 6.57. The number of carbonyl (C=O) groups excluding carboxylic acids is 2. The zero-order chi connectivity index (χ0) is 28.0. The quantitative estimate of drug-likeness (QED) is 0.501. The van der Waals surface area contributed by atoms with E-state index >= 15 is 0 Å². The van der Waals surface area contributed by atoms with Gasteiger partial charge in [-0.3, -0.25) is 9.59 Å². The van der Waals surface area contributed by atoms with Gasteiger partial charge in [0.25, 0.3) is 0 Å². The second-order valence-corrected chi connectivity index (χ2v) is 9.64. The monoisotopic (exact) mass is 534 g/mol. The van der Waals surface area contributed by atoms with Crippen molar-refractivity contribution in [1.29, 1.82) is 0 Å². The van der Waals surface area contributed by atoms with Crippen LogP contribution in [0, 0.1) is 5.92 Å². The number of halogens is 3. The highest BCUT2D eigenvalue weighted by Crippen LogP contribution is 2.32. The molecule has 0 aliphatic carbocycles. The Morgan fingerprint density at radius 2 is 1.79 bits per heavy atom. The first-order valence-corrected chi connectivity index (χ1v) is 12.4. The zero-order valence-corrected chi connectivity index (χ0v) is 21.7. The van der Waals surface area contributed by atoms with Crippen molar-refractivity contribution >= 4 is 23.6 Å². The molecule has 2 aromatic carbocycles. The van der Waals surface area contributed by atoms with Crippen molar-refractivity contribution in [3.05, 3.63) is 64.7 Å². The number of carboxylic acid groups (broad SMARTS) is 1. The van der Waals surface area contributed by atoms with Crippen LogP contribution < -0.4 is 5.32 Å². The summed E-state index contributed by atoms with van der Waals surface area (Å²) in [4.78, 5) is 40.9. The molecule has 0 saturated carbocycles. The van der Waals surface area contributed by atoms with Crippen LogP contribution in [0.15, 0.2) is 42.5 Å². The topological polar surface area (TPSA) is 93.2 Å². The van der Waals surface area contributed by atoms with Crippen LogP contribution in [-0.2, 0) is 35.3 Å². The van der Waals surface area contributed by atoms with Crippen molar-refractivity contribution < 1.29 is 32.7 Å². The van der Waals surface area contributed by atoms with E-state index in [-0.39, 0.29) is 43.6 Å². The maximum atomic E-state index is 13.5. The number of alkyl halides is 3. The van der Waals surface area contributed by atoms with Crippen LogP contribution in [0.5, 0.6) is 0 Å². The minimum absolute atomic E-state index is 0.0598. The SMILES string of the molecule is CC(C)C(=O)N1CCc2c(cccc2NCC(=O)N(CCN(C)C(=O)O)Cc2ccccc2C(F)(F)F)C1. The smallest absolute Gasteiger partial charge is 0.416 e. The largest absolute Gasteiger partial charge is 0.465 e. The highest BCUT2D eigenvalue weighted by atomic mass is 19.4. The summed E-state index contributed by atoms with van der Waals surface area (Å²) >= 11 is 0. The van der Waals surface area contributed by atoms with Crippen LogP contribution in [0.2, 0.25) is 0 Å². The Morgan fingerprint density at radius 3 is 2.45 bits per heavy atom. The molecule has 0 atom stereocenters. The molecule has 3 rings (SSSR count). The van der Waals surface area contributed by atoms with Crippen molar-refractivity contribution in [1.82, 2.24) is 14.7 Å². The Hall–Kier alpha value is -3.76. The van der Waals surface area contributed by atoms with Gasteiger partial charge < -0.3 is 25.1 Å². The van der Waals surface area contributed by atoms with Crippen molar-refractivity contribution in [2.45, 2.75) is 39.5 Å². The van der Waals surface area contributed by atoms with Crippen molar-refractivity contribution in [3.8, 4) is 0 Å². The number of nitrogens with one attached hydrogen (secondary N) is 1. The average Bonchev–Trinajstić information content (AvgIpc) is 2.88. The molecule has 3 amide bonds. The molecule has 0 bridgehead atoms. The molecule has 2 aromatic rings. The summed E-state index contributed by atoms with van der Waals surface area (Å²) in [7, 11) is 1.33. The number of fused-ring (bicyclic) bond motifs is 1. The van der Waals surface area contributed by atoms with Gasteiger partial charge in [-0.15, -0.1) is 0 Å². The Balaban J connectivity index is 1.76. The molecule has 1 aliphatic rings. The van der Waals surface area contributed by atoms with E-state index < -0.39 is 23.7 Å². The van der Waals surface area contributed by atoms with Gasteiger partial charge in [0.15, 0.2) is 0 Å². The summed E-state index contributed by atoms with van der Waals surface area (Å²) < 4.78 is 40.6. The maximum absolute atomic E-state index is 13.5. The number of hydrogen-bond donors (Lipinski definition) is 2. The Bertz CT molecular complexity index is 1170. The van der Waals surface area contributed by atoms with Gasteiger partial charge >= 0.3 is 12.3 Å². The number of anilines is 1. The molecule has 1 aliphatic heterocycles. The van der Waals surface area contributed by atoms with Crippen molar-refractivity contribution in [2.75, 3.05) is 38.5 Å². The first-order valence-electron chi connectivity index (χ1n) is 12.4. The minimum Gasteiger partial charge on any atom is -0.465 e. The fraction of sp³-hybridized carbons (Fsp3) is 0.444. The first-order chi connectivity index (χ1) is 17.9. The molecule has 0 fully saturated rings. The van der Waals surface area contributed by atoms with Gasteiger partial charge in [-0.25, -0.2) is 4.79 Å². The summed E-state index contributed by atoms with van der Waals surface area (Å²) in [5.74, 6) is -0.500. The lowest BCUT2D eigenvalue weighted by Gasteiger charge is -2.31. The number of likely N-dealkylation sites (N-methyl/N-ethyl adjacent to an activating group) is 1. The number of carbonyl (C=O) groups is 3. The average molecular weight is 535 g/mol. The summed E-state index contributed by atoms with van der Waals surface area (Å²) in [5, 5.41) is 12.3. The van der Waals surface area contributed by atoms with Crippen LogP contribution in [0.4, 0.5) is 23.7 Å². The van der Waals surface area contributed by atoms with E-state index in [0.717, 1.165) is 27.8 Å². The van der Waals surface area contributed by atoms with Crippen LogP contribution in [-0.4, -0.2) is 70.9 Å². The Labute approximate surface area is 220 Å². The molecule has 206 valence electrons. The van der Waals surface area contributed by atoms with Gasteiger partial charge in [0.05, 0.1) is 12.1 Å². The lowest BCUT2D eigenvalue weighted by molar-refractivity contribution is -0.139. The lowest BCUT2D eigenvalue weighted by atomic mass is 9.96. The van der Waals surface area contributed by atoms with Gasteiger partial charge in [0.2, 0.25) is 11.8 Å². The number of hydrogen-bond acceptors (Lipinski definition) is 4. The number of amides is 3. The van der Waals surface area contributed by atoms with Crippen molar-refractivity contribution in [3.63, 3.8) is 0 Å². The maximum Gasteiger partial charge on any atom is 0.416 e. The molecule has 0 saturated heterocycles. The van der Waals surface area contributed by atoms with E-state index in [1.54, 1.807) is 4.90 Å². The highest BCUT2D eigenvalue weighted by molar-refractivity contribution is 5.82. The Morgan fingerprint density at radius 1 is 1.08 bits per heavy atom. The summed E-state index contributed by atoms with van der Waals surface area (Å²) in [6.45, 7) is 4.10. The van der Waals surface area contributed by atoms with Gasteiger partial charge in [-0.1, -0.05) is 44.2 Å². The second-order valence-electron chi connectivity index (χ2n) is 9.64. The Kier molecular flexibility index (Phi) is 9.24. The van der Waals surface area contributed by atoms with E-state index in [0.29, 0.717) is 19.5 Å². The molecule has 38 heavy (non-hydrogen) atoms. The standard InChI is InChI=1S/C27H33F3N4O4/c1-18(2)25(36)34-12-11-21-19(16-34)8-6-10-23(21)31-15-24(35)33(14-13-32(3)26(37)38)17-20-7-4-5-9-22(20)27(28,29)30/h4-10,18,31H,11-17H2,1-3H3,(H,37,38). The molecular weight excluding hydrogens is 501 g/mol. The molecule has 0 radical (unpaired) electrons. The lowest BCUT2D eigenvalue weighted by Crippen LogP contribution is -2.41. The molecule has 8 nitrogen and oxygen atoms in total. The molecular formula is C27H33F3N4O4. The van der Waals surface area contributed by atoms with Gasteiger partial charge in [0.1, 0.15) is 0 Å². The van der Waals surface area contributed by atoms with E-state index in [2.05, 4.69) is 5.32 Å². The van der Waals surface area contributed by atoms with Crippen LogP contribution >= 0.6 is 0 Å². The first kappa shape index (κ1) is 28.8. The van der Waals surface area contributed by atoms with E-state index in [1.165, 1.54) is 30.1 Å². The molecule has 1 heterocycles. The van der Waals surface area contributed by atoms with Gasteiger partial charge in [0, 0.05) is 51.4 Å². The third-order valence-electron chi connectivity index (χ3n) is 6.57. The van der Waals surface area contributed by atoms with Crippen LogP contribution in [0.25, 0.3) is 0 Å². The summed E-state index contributed by atoms with van der Waals surface area (Å²) in [5.41, 5.74) is 1.79. The summed E-state index contributed by atoms with van der Waals surface area (Å²) in [6.07, 6.45) is -5.18. The molecule has 2 N–H and O–H groups in total. The van der Waals surface area contributed by atoms with E-state index in [4.69, 9.17) is 5.11 Å². The molecule has 0 unspecified atom stereocenters. The highest BCUT2D eigenvalue weighted by Gasteiger charge is 2.33. The number of rotatable bonds is 9. The number of nitrogens with zero attached hydrogens (tertiary/aromatic N) is 3. The molecule has 11 heteroatoms. The zero-order valence-electron chi connectivity index (χ0n) is 21.7. The summed E-state index contributed by atoms with van der Waals surface area (Å²) in [6, 6.07) is 10.6. The van der Waals surface area contributed by atoms with Crippen molar-refractivity contribution in [2.24, 2.45) is 5.92 Å². The molecule has 0 spiro atoms. The predicted molar refractivity (Wildman–Crippen MR) is 136 cm³/mol. The second kappa shape index (κ2) is 12.2. The van der Waals surface area contributed by atoms with Gasteiger partial charge in [-0.2, -0.15) is 13.2 Å². The minimum atomic E-state index is -4.59. The molecule has 0 aromatic heterocycles. The van der Waals surface area contributed by atoms with E-state index in [1.807, 2.05) is 32.0 Å². The van der Waals surface area contributed by atoms with Gasteiger partial charge in [-0.05, 0) is 35.2 Å².